The summed E-state index contributed by atoms with van der Waals surface area (Å²) in [5.74, 6) is -0.0297. The van der Waals surface area contributed by atoms with Crippen LogP contribution in [0, 0.1) is 0 Å². The molecule has 2 N–H and O–H groups in total. The zero-order valence-electron chi connectivity index (χ0n) is 20.3. The smallest absolute Gasteiger partial charge is 0.410 e. The molecule has 0 spiro atoms. The van der Waals surface area contributed by atoms with Gasteiger partial charge in [0.25, 0.3) is 0 Å². The Balaban J connectivity index is 1.83. The molecule has 1 saturated heterocycles. The van der Waals surface area contributed by atoms with Gasteiger partial charge in [-0.3, -0.25) is 4.79 Å². The number of hydrogen-bond acceptors (Lipinski definition) is 8. The Hall–Kier alpha value is -1.46. The Kier molecular flexibility index (Phi) is 15.2. The maximum atomic E-state index is 12.1. The average molecular weight is 462 g/mol. The lowest BCUT2D eigenvalue weighted by atomic mass is 10.1. The van der Waals surface area contributed by atoms with Crippen LogP contribution in [-0.2, 0) is 28.5 Å². The molecular formula is C22H43N3O7. The summed E-state index contributed by atoms with van der Waals surface area (Å²) in [6, 6.07) is 0.401. The molecule has 0 aromatic heterocycles. The number of nitrogens with one attached hydrogen (secondary N) is 2. The van der Waals surface area contributed by atoms with E-state index in [2.05, 4.69) is 10.6 Å². The van der Waals surface area contributed by atoms with Crippen LogP contribution in [0.1, 0.15) is 40.0 Å². The highest BCUT2D eigenvalue weighted by Gasteiger charge is 2.26. The fraction of sp³-hybridized carbons (Fsp3) is 0.909. The summed E-state index contributed by atoms with van der Waals surface area (Å²) < 4.78 is 27.1. The zero-order chi connectivity index (χ0) is 23.7. The minimum atomic E-state index is -0.454. The van der Waals surface area contributed by atoms with Gasteiger partial charge in [0, 0.05) is 39.1 Å². The summed E-state index contributed by atoms with van der Waals surface area (Å²) in [5.41, 5.74) is -0.454. The van der Waals surface area contributed by atoms with Crippen LogP contribution in [0.25, 0.3) is 0 Å². The molecule has 0 aromatic carbocycles. The molecule has 188 valence electrons. The van der Waals surface area contributed by atoms with Crippen LogP contribution in [-0.4, -0.2) is 108 Å². The molecule has 32 heavy (non-hydrogen) atoms. The maximum absolute atomic E-state index is 12.1. The van der Waals surface area contributed by atoms with Crippen molar-refractivity contribution in [2.45, 2.75) is 51.7 Å². The number of likely N-dealkylation sites (tertiary alicyclic amines) is 1. The van der Waals surface area contributed by atoms with Crippen molar-refractivity contribution in [2.24, 2.45) is 0 Å². The Bertz CT molecular complexity index is 506. The standard InChI is InChI=1S/C22H43N3O7/c1-22(2,3)32-21(27)25-9-5-19(6-10-25)24-8-12-29-14-16-31-18-17-30-15-13-28-11-7-20(26)23-4/h19,24H,5-18H2,1-4H3,(H,23,26). The van der Waals surface area contributed by atoms with Gasteiger partial charge in [-0.05, 0) is 33.6 Å². The lowest BCUT2D eigenvalue weighted by Gasteiger charge is -2.33. The van der Waals surface area contributed by atoms with Crippen LogP contribution >= 0.6 is 0 Å². The summed E-state index contributed by atoms with van der Waals surface area (Å²) in [6.45, 7) is 11.9. The third-order valence-electron chi connectivity index (χ3n) is 4.69. The summed E-state index contributed by atoms with van der Waals surface area (Å²) >= 11 is 0. The Labute approximate surface area is 192 Å². The molecule has 0 aromatic rings. The molecule has 0 atom stereocenters. The second-order valence-electron chi connectivity index (χ2n) is 8.57. The molecule has 1 fully saturated rings. The Morgan fingerprint density at radius 1 is 0.844 bits per heavy atom. The van der Waals surface area contributed by atoms with Gasteiger partial charge < -0.3 is 39.2 Å². The van der Waals surface area contributed by atoms with Crippen molar-refractivity contribution in [1.82, 2.24) is 15.5 Å². The number of piperidine rings is 1. The van der Waals surface area contributed by atoms with Crippen molar-refractivity contribution in [3.8, 4) is 0 Å². The zero-order valence-corrected chi connectivity index (χ0v) is 20.3. The lowest BCUT2D eigenvalue weighted by Crippen LogP contribution is -2.47. The average Bonchev–Trinajstić information content (AvgIpc) is 2.75. The molecule has 10 heteroatoms. The van der Waals surface area contributed by atoms with Gasteiger partial charge in [-0.2, -0.15) is 0 Å². The van der Waals surface area contributed by atoms with E-state index >= 15 is 0 Å². The minimum Gasteiger partial charge on any atom is -0.444 e. The van der Waals surface area contributed by atoms with E-state index in [-0.39, 0.29) is 12.0 Å². The maximum Gasteiger partial charge on any atom is 0.410 e. The lowest BCUT2D eigenvalue weighted by molar-refractivity contribution is -0.121. The van der Waals surface area contributed by atoms with E-state index in [4.69, 9.17) is 23.7 Å². The molecule has 1 rings (SSSR count). The molecule has 0 radical (unpaired) electrons. The van der Waals surface area contributed by atoms with E-state index in [1.165, 1.54) is 0 Å². The van der Waals surface area contributed by atoms with Crippen molar-refractivity contribution in [3.05, 3.63) is 0 Å². The predicted octanol–water partition coefficient (Wildman–Crippen LogP) is 1.18. The highest BCUT2D eigenvalue weighted by atomic mass is 16.6. The molecule has 0 unspecified atom stereocenters. The first-order valence-corrected chi connectivity index (χ1v) is 11.5. The molecule has 10 nitrogen and oxygen atoms in total. The van der Waals surface area contributed by atoms with Gasteiger partial charge >= 0.3 is 6.09 Å². The van der Waals surface area contributed by atoms with Gasteiger partial charge in [0.1, 0.15) is 5.60 Å². The van der Waals surface area contributed by atoms with Crippen LogP contribution in [0.15, 0.2) is 0 Å². The van der Waals surface area contributed by atoms with E-state index in [9.17, 15) is 9.59 Å². The normalized spacial score (nSPS) is 15.1. The van der Waals surface area contributed by atoms with Crippen molar-refractivity contribution in [2.75, 3.05) is 79.5 Å². The van der Waals surface area contributed by atoms with E-state index in [0.29, 0.717) is 78.4 Å². The number of nitrogens with zero attached hydrogens (tertiary/aromatic N) is 1. The molecule has 0 bridgehead atoms. The summed E-state index contributed by atoms with van der Waals surface area (Å²) in [4.78, 5) is 24.9. The minimum absolute atomic E-state index is 0.0297. The van der Waals surface area contributed by atoms with E-state index in [1.54, 1.807) is 11.9 Å². The largest absolute Gasteiger partial charge is 0.444 e. The second-order valence-corrected chi connectivity index (χ2v) is 8.57. The van der Waals surface area contributed by atoms with Crippen LogP contribution in [0.5, 0.6) is 0 Å². The van der Waals surface area contributed by atoms with Gasteiger partial charge in [0.2, 0.25) is 5.91 Å². The highest BCUT2D eigenvalue weighted by Crippen LogP contribution is 2.15. The molecule has 0 saturated carbocycles. The summed E-state index contributed by atoms with van der Waals surface area (Å²) in [7, 11) is 1.61. The Morgan fingerprint density at radius 2 is 1.34 bits per heavy atom. The fourth-order valence-corrected chi connectivity index (χ4v) is 2.98. The van der Waals surface area contributed by atoms with E-state index < -0.39 is 5.60 Å². The SMILES string of the molecule is CNC(=O)CCOCCOCCOCCOCCNC1CCN(C(=O)OC(C)(C)C)CC1. The quantitative estimate of drug-likeness (QED) is 0.330. The monoisotopic (exact) mass is 461 g/mol. The number of carbonyl (C=O) groups excluding carboxylic acids is 2. The number of amides is 2. The van der Waals surface area contributed by atoms with Crippen molar-refractivity contribution >= 4 is 12.0 Å². The molecule has 1 aliphatic rings. The van der Waals surface area contributed by atoms with Gasteiger partial charge in [-0.25, -0.2) is 4.79 Å². The molecule has 1 aliphatic heterocycles. The molecule has 1 heterocycles. The topological polar surface area (TPSA) is 108 Å². The third kappa shape index (κ3) is 15.4. The fourth-order valence-electron chi connectivity index (χ4n) is 2.98. The van der Waals surface area contributed by atoms with E-state index in [1.807, 2.05) is 20.8 Å². The second kappa shape index (κ2) is 17.1. The molecular weight excluding hydrogens is 418 g/mol. The van der Waals surface area contributed by atoms with Gasteiger partial charge in [0.05, 0.1) is 52.9 Å². The van der Waals surface area contributed by atoms with Gasteiger partial charge in [-0.15, -0.1) is 0 Å². The number of rotatable bonds is 16. The third-order valence-corrected chi connectivity index (χ3v) is 4.69. The van der Waals surface area contributed by atoms with E-state index in [0.717, 1.165) is 19.4 Å². The number of hydrogen-bond donors (Lipinski definition) is 2. The van der Waals surface area contributed by atoms with Crippen molar-refractivity contribution in [3.63, 3.8) is 0 Å². The first-order chi connectivity index (χ1) is 15.3. The van der Waals surface area contributed by atoms with Crippen molar-refractivity contribution in [1.29, 1.82) is 0 Å². The molecule has 2 amide bonds. The van der Waals surface area contributed by atoms with Crippen LogP contribution in [0.3, 0.4) is 0 Å². The van der Waals surface area contributed by atoms with Crippen LogP contribution < -0.4 is 10.6 Å². The number of carbonyl (C=O) groups is 2. The first-order valence-electron chi connectivity index (χ1n) is 11.5. The van der Waals surface area contributed by atoms with Crippen LogP contribution in [0.4, 0.5) is 4.79 Å². The molecule has 0 aliphatic carbocycles. The summed E-state index contributed by atoms with van der Waals surface area (Å²) in [6.07, 6.45) is 1.97. The predicted molar refractivity (Wildman–Crippen MR) is 121 cm³/mol. The first kappa shape index (κ1) is 28.6. The van der Waals surface area contributed by atoms with Gasteiger partial charge in [0.15, 0.2) is 0 Å². The summed E-state index contributed by atoms with van der Waals surface area (Å²) in [5, 5.41) is 6.02. The highest BCUT2D eigenvalue weighted by molar-refractivity contribution is 5.75. The Morgan fingerprint density at radius 3 is 1.84 bits per heavy atom. The van der Waals surface area contributed by atoms with Crippen LogP contribution in [0.2, 0.25) is 0 Å². The number of ether oxygens (including phenoxy) is 5. The van der Waals surface area contributed by atoms with Crippen molar-refractivity contribution < 1.29 is 33.3 Å². The van der Waals surface area contributed by atoms with Gasteiger partial charge in [-0.1, -0.05) is 0 Å².